The smallest absolute Gasteiger partial charge is 0.123 e. The van der Waals surface area contributed by atoms with Gasteiger partial charge in [0.15, 0.2) is 0 Å². The van der Waals surface area contributed by atoms with Gasteiger partial charge in [-0.15, -0.1) is 0 Å². The number of nitrogens with two attached hydrogens (primary N) is 1. The lowest BCUT2D eigenvalue weighted by Gasteiger charge is -2.11. The third-order valence-electron chi connectivity index (χ3n) is 1.82. The van der Waals surface area contributed by atoms with Crippen molar-refractivity contribution in [1.82, 2.24) is 0 Å². The Hall–Kier alpha value is -0.730. The molecule has 0 amide bonds. The summed E-state index contributed by atoms with van der Waals surface area (Å²) in [7, 11) is 1.64. The third kappa shape index (κ3) is 2.61. The van der Waals surface area contributed by atoms with E-state index >= 15 is 0 Å². The average Bonchev–Trinajstić information content (AvgIpc) is 2.08. The molecule has 72 valence electrons. The molecule has 0 aliphatic heterocycles. The van der Waals surface area contributed by atoms with Gasteiger partial charge in [-0.2, -0.15) is 0 Å². The standard InChI is InChI=1S/C10H14ClNO/c1-7(12)6-8-9(11)4-3-5-10(8)13-2/h3-5,7H,6,12H2,1-2H3/t7-/m1/s1. The maximum Gasteiger partial charge on any atom is 0.123 e. The molecule has 3 heteroatoms. The van der Waals surface area contributed by atoms with Crippen LogP contribution in [0.5, 0.6) is 5.75 Å². The summed E-state index contributed by atoms with van der Waals surface area (Å²) >= 11 is 6.02. The second-order valence-electron chi connectivity index (χ2n) is 3.10. The highest BCUT2D eigenvalue weighted by molar-refractivity contribution is 6.31. The van der Waals surface area contributed by atoms with Crippen LogP contribution < -0.4 is 10.5 Å². The second kappa shape index (κ2) is 4.49. The van der Waals surface area contributed by atoms with Gasteiger partial charge < -0.3 is 10.5 Å². The first-order valence-corrected chi connectivity index (χ1v) is 4.60. The van der Waals surface area contributed by atoms with Crippen LogP contribution in [0.2, 0.25) is 5.02 Å². The summed E-state index contributed by atoms with van der Waals surface area (Å²) in [5.74, 6) is 0.810. The van der Waals surface area contributed by atoms with Crippen molar-refractivity contribution in [3.8, 4) is 5.75 Å². The number of rotatable bonds is 3. The predicted octanol–water partition coefficient (Wildman–Crippen LogP) is 2.24. The molecule has 2 nitrogen and oxygen atoms in total. The molecule has 0 unspecified atom stereocenters. The molecule has 0 aliphatic carbocycles. The van der Waals surface area contributed by atoms with E-state index < -0.39 is 0 Å². The van der Waals surface area contributed by atoms with Crippen LogP contribution in [0.3, 0.4) is 0 Å². The highest BCUT2D eigenvalue weighted by Gasteiger charge is 2.08. The van der Waals surface area contributed by atoms with Crippen molar-refractivity contribution in [3.05, 3.63) is 28.8 Å². The van der Waals surface area contributed by atoms with Gasteiger partial charge in [-0.25, -0.2) is 0 Å². The maximum atomic E-state index is 6.02. The normalized spacial score (nSPS) is 12.6. The van der Waals surface area contributed by atoms with E-state index in [1.807, 2.05) is 25.1 Å². The fraction of sp³-hybridized carbons (Fsp3) is 0.400. The summed E-state index contributed by atoms with van der Waals surface area (Å²) in [6.07, 6.45) is 0.739. The Morgan fingerprint density at radius 2 is 2.23 bits per heavy atom. The zero-order valence-corrected chi connectivity index (χ0v) is 8.64. The fourth-order valence-electron chi connectivity index (χ4n) is 1.25. The summed E-state index contributed by atoms with van der Waals surface area (Å²) in [6.45, 7) is 1.95. The number of halogens is 1. The van der Waals surface area contributed by atoms with Crippen LogP contribution in [-0.2, 0) is 6.42 Å². The molecule has 0 saturated heterocycles. The molecular formula is C10H14ClNO. The number of ether oxygens (including phenoxy) is 1. The van der Waals surface area contributed by atoms with Gasteiger partial charge in [0.25, 0.3) is 0 Å². The van der Waals surface area contributed by atoms with Crippen molar-refractivity contribution in [2.24, 2.45) is 5.73 Å². The molecule has 0 radical (unpaired) electrons. The molecule has 1 aromatic rings. The third-order valence-corrected chi connectivity index (χ3v) is 2.18. The van der Waals surface area contributed by atoms with Gasteiger partial charge in [0.2, 0.25) is 0 Å². The molecule has 0 aliphatic rings. The highest BCUT2D eigenvalue weighted by atomic mass is 35.5. The molecule has 0 bridgehead atoms. The summed E-state index contributed by atoms with van der Waals surface area (Å²) < 4.78 is 5.19. The zero-order valence-electron chi connectivity index (χ0n) is 7.88. The lowest BCUT2D eigenvalue weighted by Crippen LogP contribution is -2.18. The summed E-state index contributed by atoms with van der Waals surface area (Å²) in [5, 5.41) is 0.719. The predicted molar refractivity (Wildman–Crippen MR) is 55.4 cm³/mol. The molecule has 0 fully saturated rings. The molecule has 1 aromatic carbocycles. The molecule has 0 heterocycles. The Labute approximate surface area is 83.6 Å². The number of methoxy groups -OCH3 is 1. The van der Waals surface area contributed by atoms with Crippen molar-refractivity contribution in [3.63, 3.8) is 0 Å². The summed E-state index contributed by atoms with van der Waals surface area (Å²) in [5.41, 5.74) is 6.69. The molecule has 13 heavy (non-hydrogen) atoms. The van der Waals surface area contributed by atoms with Gasteiger partial charge in [-0.05, 0) is 25.5 Å². The van der Waals surface area contributed by atoms with Crippen molar-refractivity contribution in [2.75, 3.05) is 7.11 Å². The Morgan fingerprint density at radius 1 is 1.54 bits per heavy atom. The van der Waals surface area contributed by atoms with E-state index in [0.29, 0.717) is 0 Å². The molecule has 0 saturated carbocycles. The van der Waals surface area contributed by atoms with Gasteiger partial charge in [0.05, 0.1) is 7.11 Å². The molecule has 0 aromatic heterocycles. The molecule has 2 N–H and O–H groups in total. The average molecular weight is 200 g/mol. The molecular weight excluding hydrogens is 186 g/mol. The van der Waals surface area contributed by atoms with Crippen LogP contribution in [0.1, 0.15) is 12.5 Å². The van der Waals surface area contributed by atoms with Crippen molar-refractivity contribution >= 4 is 11.6 Å². The second-order valence-corrected chi connectivity index (χ2v) is 3.51. The minimum absolute atomic E-state index is 0.0915. The quantitative estimate of drug-likeness (QED) is 0.811. The largest absolute Gasteiger partial charge is 0.496 e. The van der Waals surface area contributed by atoms with Gasteiger partial charge in [0, 0.05) is 16.6 Å². The van der Waals surface area contributed by atoms with Crippen LogP contribution in [0.25, 0.3) is 0 Å². The van der Waals surface area contributed by atoms with E-state index in [1.54, 1.807) is 7.11 Å². The van der Waals surface area contributed by atoms with E-state index in [0.717, 1.165) is 22.8 Å². The Kier molecular flexibility index (Phi) is 3.58. The van der Waals surface area contributed by atoms with Crippen LogP contribution in [0.15, 0.2) is 18.2 Å². The van der Waals surface area contributed by atoms with E-state index in [2.05, 4.69) is 0 Å². The van der Waals surface area contributed by atoms with Gasteiger partial charge >= 0.3 is 0 Å². The van der Waals surface area contributed by atoms with Crippen molar-refractivity contribution in [2.45, 2.75) is 19.4 Å². The van der Waals surface area contributed by atoms with Crippen molar-refractivity contribution < 1.29 is 4.74 Å². The first kappa shape index (κ1) is 10.4. The summed E-state index contributed by atoms with van der Waals surface area (Å²) in [4.78, 5) is 0. The topological polar surface area (TPSA) is 35.2 Å². The molecule has 0 spiro atoms. The van der Waals surface area contributed by atoms with E-state index in [9.17, 15) is 0 Å². The maximum absolute atomic E-state index is 6.02. The number of hydrogen-bond acceptors (Lipinski definition) is 2. The lowest BCUT2D eigenvalue weighted by atomic mass is 10.1. The number of hydrogen-bond donors (Lipinski definition) is 1. The van der Waals surface area contributed by atoms with Crippen LogP contribution in [-0.4, -0.2) is 13.2 Å². The van der Waals surface area contributed by atoms with Crippen molar-refractivity contribution in [1.29, 1.82) is 0 Å². The SMILES string of the molecule is COc1cccc(Cl)c1C[C@@H](C)N. The number of benzene rings is 1. The summed E-state index contributed by atoms with van der Waals surface area (Å²) in [6, 6.07) is 5.70. The lowest BCUT2D eigenvalue weighted by molar-refractivity contribution is 0.408. The van der Waals surface area contributed by atoms with E-state index in [-0.39, 0.29) is 6.04 Å². The van der Waals surface area contributed by atoms with E-state index in [4.69, 9.17) is 22.1 Å². The minimum atomic E-state index is 0.0915. The minimum Gasteiger partial charge on any atom is -0.496 e. The zero-order chi connectivity index (χ0) is 9.84. The van der Waals surface area contributed by atoms with Crippen LogP contribution >= 0.6 is 11.6 Å². The Bertz CT molecular complexity index is 286. The Morgan fingerprint density at radius 3 is 2.77 bits per heavy atom. The highest BCUT2D eigenvalue weighted by Crippen LogP contribution is 2.26. The van der Waals surface area contributed by atoms with Crippen LogP contribution in [0, 0.1) is 0 Å². The van der Waals surface area contributed by atoms with Gasteiger partial charge in [0.1, 0.15) is 5.75 Å². The first-order valence-electron chi connectivity index (χ1n) is 4.22. The monoisotopic (exact) mass is 199 g/mol. The van der Waals surface area contributed by atoms with Crippen LogP contribution in [0.4, 0.5) is 0 Å². The molecule has 1 rings (SSSR count). The Balaban J connectivity index is 3.00. The van der Waals surface area contributed by atoms with Gasteiger partial charge in [-0.3, -0.25) is 0 Å². The van der Waals surface area contributed by atoms with Gasteiger partial charge in [-0.1, -0.05) is 17.7 Å². The molecule has 1 atom stereocenters. The first-order chi connectivity index (χ1) is 6.15. The van der Waals surface area contributed by atoms with E-state index in [1.165, 1.54) is 0 Å². The fourth-order valence-corrected chi connectivity index (χ4v) is 1.49.